The van der Waals surface area contributed by atoms with Crippen LogP contribution in [0, 0.1) is 10.7 Å². The third-order valence-electron chi connectivity index (χ3n) is 3.58. The molecule has 0 saturated carbocycles. The molecule has 1 aromatic heterocycles. The maximum Gasteiger partial charge on any atom is 0.270 e. The molecule has 1 heterocycles. The standard InChI is InChI=1S/C17H23N3OS/c1-12(2)9-10-13(3)19-16(21)15-11-18-17(22)20(15)14-7-5-4-6-8-14/h4-8,11-13H,9-10H2,1-3H3,(H,18,22)(H,19,21). The Morgan fingerprint density at radius 3 is 2.55 bits per heavy atom. The maximum absolute atomic E-state index is 12.5. The Morgan fingerprint density at radius 1 is 1.23 bits per heavy atom. The van der Waals surface area contributed by atoms with Gasteiger partial charge in [-0.3, -0.25) is 9.36 Å². The van der Waals surface area contributed by atoms with Crippen molar-refractivity contribution in [2.75, 3.05) is 0 Å². The summed E-state index contributed by atoms with van der Waals surface area (Å²) in [5.41, 5.74) is 1.42. The fourth-order valence-corrected chi connectivity index (χ4v) is 2.59. The summed E-state index contributed by atoms with van der Waals surface area (Å²) in [6.07, 6.45) is 3.74. The fraction of sp³-hybridized carbons (Fsp3) is 0.412. The van der Waals surface area contributed by atoms with Crippen molar-refractivity contribution in [2.45, 2.75) is 39.7 Å². The van der Waals surface area contributed by atoms with Gasteiger partial charge in [-0.25, -0.2) is 0 Å². The third kappa shape index (κ3) is 4.07. The number of benzene rings is 1. The van der Waals surface area contributed by atoms with E-state index in [-0.39, 0.29) is 11.9 Å². The van der Waals surface area contributed by atoms with Gasteiger partial charge in [0.1, 0.15) is 5.69 Å². The van der Waals surface area contributed by atoms with E-state index in [4.69, 9.17) is 12.2 Å². The van der Waals surface area contributed by atoms with E-state index in [1.807, 2.05) is 37.3 Å². The highest BCUT2D eigenvalue weighted by molar-refractivity contribution is 7.71. The summed E-state index contributed by atoms with van der Waals surface area (Å²) in [4.78, 5) is 15.5. The highest BCUT2D eigenvalue weighted by Gasteiger charge is 2.16. The molecule has 2 aromatic rings. The van der Waals surface area contributed by atoms with Crippen LogP contribution in [0.3, 0.4) is 0 Å². The van der Waals surface area contributed by atoms with Gasteiger partial charge >= 0.3 is 0 Å². The van der Waals surface area contributed by atoms with E-state index in [0.717, 1.165) is 18.5 Å². The highest BCUT2D eigenvalue weighted by atomic mass is 32.1. The van der Waals surface area contributed by atoms with Crippen LogP contribution in [0.25, 0.3) is 5.69 Å². The third-order valence-corrected chi connectivity index (χ3v) is 3.88. The topological polar surface area (TPSA) is 49.8 Å². The molecule has 1 atom stereocenters. The van der Waals surface area contributed by atoms with Crippen molar-refractivity contribution in [2.24, 2.45) is 5.92 Å². The average molecular weight is 317 g/mol. The first-order valence-electron chi connectivity index (χ1n) is 7.65. The molecule has 1 unspecified atom stereocenters. The lowest BCUT2D eigenvalue weighted by atomic mass is 10.0. The SMILES string of the molecule is CC(C)CCC(C)NC(=O)c1c[nH]c(=S)n1-c1ccccc1. The van der Waals surface area contributed by atoms with E-state index < -0.39 is 0 Å². The first kappa shape index (κ1) is 16.5. The predicted octanol–water partition coefficient (Wildman–Crippen LogP) is 4.09. The molecule has 0 bridgehead atoms. The van der Waals surface area contributed by atoms with Gasteiger partial charge in [-0.2, -0.15) is 0 Å². The van der Waals surface area contributed by atoms with Crippen molar-refractivity contribution < 1.29 is 4.79 Å². The molecular formula is C17H23N3OS. The summed E-state index contributed by atoms with van der Waals surface area (Å²) in [7, 11) is 0. The molecule has 0 aliphatic heterocycles. The van der Waals surface area contributed by atoms with Gasteiger partial charge < -0.3 is 10.3 Å². The number of amides is 1. The summed E-state index contributed by atoms with van der Waals surface area (Å²) in [6, 6.07) is 9.80. The Kier molecular flexibility index (Phi) is 5.55. The number of hydrogen-bond donors (Lipinski definition) is 2. The molecule has 1 amide bonds. The van der Waals surface area contributed by atoms with Crippen LogP contribution >= 0.6 is 12.2 Å². The zero-order chi connectivity index (χ0) is 16.1. The molecule has 0 fully saturated rings. The van der Waals surface area contributed by atoms with Gasteiger partial charge in [-0.15, -0.1) is 0 Å². The van der Waals surface area contributed by atoms with Crippen molar-refractivity contribution in [3.63, 3.8) is 0 Å². The zero-order valence-corrected chi connectivity index (χ0v) is 14.1. The molecule has 118 valence electrons. The summed E-state index contributed by atoms with van der Waals surface area (Å²) in [5.74, 6) is 0.535. The molecule has 5 heteroatoms. The number of hydrogen-bond acceptors (Lipinski definition) is 2. The Labute approximate surface area is 136 Å². The van der Waals surface area contributed by atoms with Crippen LogP contribution < -0.4 is 5.32 Å². The largest absolute Gasteiger partial charge is 0.348 e. The molecule has 2 rings (SSSR count). The van der Waals surface area contributed by atoms with Crippen LogP contribution in [0.5, 0.6) is 0 Å². The Hall–Kier alpha value is -1.88. The van der Waals surface area contributed by atoms with Gasteiger partial charge in [0.2, 0.25) is 0 Å². The molecule has 0 spiro atoms. The van der Waals surface area contributed by atoms with Crippen LogP contribution in [0.2, 0.25) is 0 Å². The molecule has 0 aliphatic carbocycles. The molecule has 0 aliphatic rings. The van der Waals surface area contributed by atoms with Gasteiger partial charge in [-0.05, 0) is 50.0 Å². The van der Waals surface area contributed by atoms with Crippen LogP contribution in [0.1, 0.15) is 44.1 Å². The monoisotopic (exact) mass is 317 g/mol. The number of imidazole rings is 1. The van der Waals surface area contributed by atoms with Gasteiger partial charge in [-0.1, -0.05) is 32.0 Å². The van der Waals surface area contributed by atoms with E-state index in [2.05, 4.69) is 24.1 Å². The molecule has 0 radical (unpaired) electrons. The molecular weight excluding hydrogens is 294 g/mol. The van der Waals surface area contributed by atoms with Gasteiger partial charge in [0, 0.05) is 17.9 Å². The average Bonchev–Trinajstić information content (AvgIpc) is 2.88. The Balaban J connectivity index is 2.16. The van der Waals surface area contributed by atoms with E-state index in [0.29, 0.717) is 16.4 Å². The fourth-order valence-electron chi connectivity index (χ4n) is 2.32. The lowest BCUT2D eigenvalue weighted by Crippen LogP contribution is -2.34. The number of para-hydroxylation sites is 1. The second kappa shape index (κ2) is 7.40. The first-order valence-corrected chi connectivity index (χ1v) is 8.06. The number of carbonyl (C=O) groups is 1. The predicted molar refractivity (Wildman–Crippen MR) is 92.0 cm³/mol. The van der Waals surface area contributed by atoms with Crippen molar-refractivity contribution in [3.05, 3.63) is 47.0 Å². The smallest absolute Gasteiger partial charge is 0.270 e. The molecule has 22 heavy (non-hydrogen) atoms. The van der Waals surface area contributed by atoms with E-state index in [1.54, 1.807) is 10.8 Å². The minimum atomic E-state index is -0.104. The van der Waals surface area contributed by atoms with Crippen LogP contribution in [0.4, 0.5) is 0 Å². The van der Waals surface area contributed by atoms with Gasteiger partial charge in [0.15, 0.2) is 4.77 Å². The molecule has 1 aromatic carbocycles. The molecule has 4 nitrogen and oxygen atoms in total. The normalized spacial score (nSPS) is 12.4. The summed E-state index contributed by atoms with van der Waals surface area (Å²) in [5, 5.41) is 3.05. The van der Waals surface area contributed by atoms with Crippen LogP contribution in [-0.2, 0) is 0 Å². The van der Waals surface area contributed by atoms with Gasteiger partial charge in [0.25, 0.3) is 5.91 Å². The minimum absolute atomic E-state index is 0.104. The van der Waals surface area contributed by atoms with E-state index >= 15 is 0 Å². The number of aromatic nitrogens is 2. The molecule has 2 N–H and O–H groups in total. The summed E-state index contributed by atoms with van der Waals surface area (Å²) < 4.78 is 2.28. The highest BCUT2D eigenvalue weighted by Crippen LogP contribution is 2.13. The summed E-state index contributed by atoms with van der Waals surface area (Å²) >= 11 is 5.30. The number of rotatable bonds is 6. The minimum Gasteiger partial charge on any atom is -0.348 e. The quantitative estimate of drug-likeness (QED) is 0.788. The second-order valence-electron chi connectivity index (χ2n) is 6.00. The number of aromatic amines is 1. The summed E-state index contributed by atoms with van der Waals surface area (Å²) in [6.45, 7) is 6.41. The second-order valence-corrected chi connectivity index (χ2v) is 6.38. The zero-order valence-electron chi connectivity index (χ0n) is 13.3. The number of nitrogens with one attached hydrogen (secondary N) is 2. The lowest BCUT2D eigenvalue weighted by molar-refractivity contribution is 0.0930. The van der Waals surface area contributed by atoms with Crippen LogP contribution in [-0.4, -0.2) is 21.5 Å². The molecule has 0 saturated heterocycles. The van der Waals surface area contributed by atoms with Crippen molar-refractivity contribution in [3.8, 4) is 5.69 Å². The van der Waals surface area contributed by atoms with Crippen molar-refractivity contribution >= 4 is 18.1 Å². The Morgan fingerprint density at radius 2 is 1.91 bits per heavy atom. The lowest BCUT2D eigenvalue weighted by Gasteiger charge is -2.16. The van der Waals surface area contributed by atoms with Crippen LogP contribution in [0.15, 0.2) is 36.5 Å². The van der Waals surface area contributed by atoms with Gasteiger partial charge in [0.05, 0.1) is 0 Å². The number of carbonyl (C=O) groups excluding carboxylic acids is 1. The number of nitrogens with zero attached hydrogens (tertiary/aromatic N) is 1. The van der Waals surface area contributed by atoms with Crippen molar-refractivity contribution in [1.29, 1.82) is 0 Å². The number of H-pyrrole nitrogens is 1. The van der Waals surface area contributed by atoms with Crippen molar-refractivity contribution in [1.82, 2.24) is 14.9 Å². The van der Waals surface area contributed by atoms with E-state index in [1.165, 1.54) is 0 Å². The maximum atomic E-state index is 12.5. The Bertz CT molecular complexity index is 673. The van der Waals surface area contributed by atoms with E-state index in [9.17, 15) is 4.79 Å². The first-order chi connectivity index (χ1) is 10.5.